The normalized spacial score (nSPS) is 10.9. The molecule has 2 aromatic carbocycles. The smallest absolute Gasteiger partial charge is 0.306 e. The summed E-state index contributed by atoms with van der Waals surface area (Å²) in [5.41, 5.74) is 2.09. The lowest BCUT2D eigenvalue weighted by Gasteiger charge is -2.07. The minimum atomic E-state index is -0.358. The van der Waals surface area contributed by atoms with Crippen molar-refractivity contribution in [2.24, 2.45) is 0 Å². The molecular formula is C17H13Cl2NO3. The van der Waals surface area contributed by atoms with E-state index in [1.54, 1.807) is 18.2 Å². The predicted molar refractivity (Wildman–Crippen MR) is 88.6 cm³/mol. The number of aryl methyl sites for hydroxylation is 1. The second kappa shape index (κ2) is 7.02. The summed E-state index contributed by atoms with van der Waals surface area (Å²) in [6.45, 7) is 0.0465. The fraction of sp³-hybridized carbons (Fsp3) is 0.176. The highest BCUT2D eigenvalue weighted by Gasteiger charge is 2.11. The van der Waals surface area contributed by atoms with Crippen LogP contribution in [-0.2, 0) is 22.6 Å². The van der Waals surface area contributed by atoms with E-state index in [2.05, 4.69) is 4.98 Å². The number of oxazole rings is 1. The molecule has 0 aliphatic heterocycles. The van der Waals surface area contributed by atoms with Crippen LogP contribution in [0.3, 0.4) is 0 Å². The molecule has 0 N–H and O–H groups in total. The second-order valence-electron chi connectivity index (χ2n) is 4.94. The van der Waals surface area contributed by atoms with Crippen LogP contribution in [0.5, 0.6) is 0 Å². The molecule has 0 amide bonds. The van der Waals surface area contributed by atoms with Crippen LogP contribution >= 0.6 is 23.2 Å². The number of esters is 1. The molecule has 0 saturated heterocycles. The summed E-state index contributed by atoms with van der Waals surface area (Å²) >= 11 is 12.1. The molecule has 4 nitrogen and oxygen atoms in total. The SMILES string of the molecule is O=C(CCc1nc2ccccc2o1)OCc1c(Cl)cccc1Cl. The number of para-hydroxylation sites is 2. The number of hydrogen-bond acceptors (Lipinski definition) is 4. The summed E-state index contributed by atoms with van der Waals surface area (Å²) in [5, 5.41) is 0.952. The highest BCUT2D eigenvalue weighted by atomic mass is 35.5. The number of rotatable bonds is 5. The number of benzene rings is 2. The van der Waals surface area contributed by atoms with Gasteiger partial charge in [0.25, 0.3) is 0 Å². The molecule has 0 fully saturated rings. The monoisotopic (exact) mass is 349 g/mol. The lowest BCUT2D eigenvalue weighted by atomic mass is 10.2. The van der Waals surface area contributed by atoms with E-state index in [1.807, 2.05) is 24.3 Å². The Hall–Kier alpha value is -2.04. The maximum absolute atomic E-state index is 11.8. The van der Waals surface area contributed by atoms with Gasteiger partial charge in [-0.1, -0.05) is 41.4 Å². The van der Waals surface area contributed by atoms with Crippen LogP contribution in [0.1, 0.15) is 17.9 Å². The van der Waals surface area contributed by atoms with Crippen molar-refractivity contribution in [3.63, 3.8) is 0 Å². The first-order chi connectivity index (χ1) is 11.1. The first kappa shape index (κ1) is 15.8. The van der Waals surface area contributed by atoms with E-state index in [0.29, 0.717) is 33.5 Å². The van der Waals surface area contributed by atoms with Gasteiger partial charge in [-0.15, -0.1) is 0 Å². The molecule has 0 spiro atoms. The minimum absolute atomic E-state index is 0.0465. The Kier molecular flexibility index (Phi) is 4.84. The first-order valence-electron chi connectivity index (χ1n) is 7.06. The summed E-state index contributed by atoms with van der Waals surface area (Å²) < 4.78 is 10.8. The maximum Gasteiger partial charge on any atom is 0.306 e. The van der Waals surface area contributed by atoms with Gasteiger partial charge in [-0.2, -0.15) is 0 Å². The lowest BCUT2D eigenvalue weighted by molar-refractivity contribution is -0.145. The minimum Gasteiger partial charge on any atom is -0.461 e. The van der Waals surface area contributed by atoms with Gasteiger partial charge in [0.15, 0.2) is 11.5 Å². The van der Waals surface area contributed by atoms with Gasteiger partial charge in [-0.05, 0) is 24.3 Å². The van der Waals surface area contributed by atoms with Gasteiger partial charge in [0.05, 0.1) is 6.42 Å². The number of ether oxygens (including phenoxy) is 1. The Morgan fingerprint density at radius 1 is 1.09 bits per heavy atom. The zero-order valence-electron chi connectivity index (χ0n) is 12.1. The summed E-state index contributed by atoms with van der Waals surface area (Å²) in [5.74, 6) is 0.155. The number of hydrogen-bond donors (Lipinski definition) is 0. The van der Waals surface area contributed by atoms with Gasteiger partial charge in [-0.25, -0.2) is 4.98 Å². The summed E-state index contributed by atoms with van der Waals surface area (Å²) in [4.78, 5) is 16.2. The van der Waals surface area contributed by atoms with Gasteiger partial charge in [0.2, 0.25) is 0 Å². The number of aromatic nitrogens is 1. The molecule has 118 valence electrons. The molecule has 3 aromatic rings. The predicted octanol–water partition coefficient (Wildman–Crippen LogP) is 4.81. The molecular weight excluding hydrogens is 337 g/mol. The van der Waals surface area contributed by atoms with E-state index in [1.165, 1.54) is 0 Å². The van der Waals surface area contributed by atoms with E-state index in [4.69, 9.17) is 32.4 Å². The molecule has 0 unspecified atom stereocenters. The molecule has 0 aliphatic carbocycles. The van der Waals surface area contributed by atoms with Crippen LogP contribution < -0.4 is 0 Å². The van der Waals surface area contributed by atoms with Crippen LogP contribution in [-0.4, -0.2) is 11.0 Å². The fourth-order valence-electron chi connectivity index (χ4n) is 2.13. The van der Waals surface area contributed by atoms with Crippen LogP contribution in [0.15, 0.2) is 46.9 Å². The molecule has 1 aromatic heterocycles. The fourth-order valence-corrected chi connectivity index (χ4v) is 2.64. The zero-order chi connectivity index (χ0) is 16.2. The largest absolute Gasteiger partial charge is 0.461 e. The maximum atomic E-state index is 11.8. The van der Waals surface area contributed by atoms with Crippen molar-refractivity contribution in [3.8, 4) is 0 Å². The van der Waals surface area contributed by atoms with Crippen LogP contribution in [0.4, 0.5) is 0 Å². The van der Waals surface area contributed by atoms with E-state index in [-0.39, 0.29) is 19.0 Å². The van der Waals surface area contributed by atoms with E-state index in [9.17, 15) is 4.79 Å². The van der Waals surface area contributed by atoms with Crippen molar-refractivity contribution >= 4 is 40.3 Å². The van der Waals surface area contributed by atoms with Crippen molar-refractivity contribution < 1.29 is 13.9 Å². The molecule has 3 rings (SSSR count). The highest BCUT2D eigenvalue weighted by Crippen LogP contribution is 2.25. The van der Waals surface area contributed by atoms with Crippen molar-refractivity contribution in [1.82, 2.24) is 4.98 Å². The Balaban J connectivity index is 1.55. The molecule has 1 heterocycles. The Bertz CT molecular complexity index is 791. The topological polar surface area (TPSA) is 52.3 Å². The Morgan fingerprint density at radius 2 is 1.83 bits per heavy atom. The number of halogens is 2. The molecule has 0 bridgehead atoms. The van der Waals surface area contributed by atoms with Crippen molar-refractivity contribution in [2.75, 3.05) is 0 Å². The summed E-state index contributed by atoms with van der Waals surface area (Å²) in [6, 6.07) is 12.6. The van der Waals surface area contributed by atoms with E-state index >= 15 is 0 Å². The Labute approximate surface area is 143 Å². The number of fused-ring (bicyclic) bond motifs is 1. The van der Waals surface area contributed by atoms with Gasteiger partial charge in [-0.3, -0.25) is 4.79 Å². The molecule has 0 radical (unpaired) electrons. The van der Waals surface area contributed by atoms with Gasteiger partial charge >= 0.3 is 5.97 Å². The summed E-state index contributed by atoms with van der Waals surface area (Å²) in [6.07, 6.45) is 0.554. The quantitative estimate of drug-likeness (QED) is 0.620. The van der Waals surface area contributed by atoms with E-state index in [0.717, 1.165) is 5.52 Å². The third kappa shape index (κ3) is 3.84. The third-order valence-corrected chi connectivity index (χ3v) is 4.03. The molecule has 6 heteroatoms. The number of nitrogens with zero attached hydrogens (tertiary/aromatic N) is 1. The van der Waals surface area contributed by atoms with E-state index < -0.39 is 0 Å². The second-order valence-corrected chi connectivity index (χ2v) is 5.75. The van der Waals surface area contributed by atoms with Crippen LogP contribution in [0.25, 0.3) is 11.1 Å². The third-order valence-electron chi connectivity index (χ3n) is 3.32. The van der Waals surface area contributed by atoms with Gasteiger partial charge in [0, 0.05) is 22.0 Å². The van der Waals surface area contributed by atoms with Crippen molar-refractivity contribution in [2.45, 2.75) is 19.4 Å². The van der Waals surface area contributed by atoms with Crippen molar-refractivity contribution in [3.05, 3.63) is 64.0 Å². The van der Waals surface area contributed by atoms with Gasteiger partial charge < -0.3 is 9.15 Å². The molecule has 0 aliphatic rings. The molecule has 23 heavy (non-hydrogen) atoms. The zero-order valence-corrected chi connectivity index (χ0v) is 13.6. The summed E-state index contributed by atoms with van der Waals surface area (Å²) in [7, 11) is 0. The number of carbonyl (C=O) groups is 1. The van der Waals surface area contributed by atoms with Gasteiger partial charge in [0.1, 0.15) is 12.1 Å². The Morgan fingerprint density at radius 3 is 2.57 bits per heavy atom. The molecule has 0 saturated carbocycles. The lowest BCUT2D eigenvalue weighted by Crippen LogP contribution is -2.06. The molecule has 0 atom stereocenters. The average molecular weight is 350 g/mol. The average Bonchev–Trinajstić information content (AvgIpc) is 2.95. The number of carbonyl (C=O) groups excluding carboxylic acids is 1. The standard InChI is InChI=1S/C17H13Cl2NO3/c18-12-4-3-5-13(19)11(12)10-22-17(21)9-8-16-20-14-6-1-2-7-15(14)23-16/h1-7H,8-10H2. The van der Waals surface area contributed by atoms with Crippen LogP contribution in [0.2, 0.25) is 10.0 Å². The highest BCUT2D eigenvalue weighted by molar-refractivity contribution is 6.35. The first-order valence-corrected chi connectivity index (χ1v) is 7.82. The van der Waals surface area contributed by atoms with Crippen molar-refractivity contribution in [1.29, 1.82) is 0 Å². The van der Waals surface area contributed by atoms with Crippen LogP contribution in [0, 0.1) is 0 Å².